The minimum absolute atomic E-state index is 0.0362. The maximum atomic E-state index is 11.7. The molecule has 132 valence electrons. The molecule has 2 heterocycles. The number of nitrogens with two attached hydrogens (primary N) is 3. The molecule has 0 spiro atoms. The van der Waals surface area contributed by atoms with Crippen LogP contribution in [0.5, 0.6) is 11.5 Å². The first-order valence-corrected chi connectivity index (χ1v) is 8.17. The Bertz CT molecular complexity index is 1060. The smallest absolute Gasteiger partial charge is 0.260 e. The standard InChI is InChI=1S/C17H15N5O3S/c1-24-8-3-7(4-9(5-8)25-2)11-10(6-18)15(20)22-17-12(11)13(19)14(26-17)16(21)23/h3-5H,19H2,1-2H3,(H2,20,22)(H2,21,23). The van der Waals surface area contributed by atoms with E-state index in [1.165, 1.54) is 14.2 Å². The Labute approximate surface area is 152 Å². The monoisotopic (exact) mass is 369 g/mol. The molecular formula is C17H15N5O3S. The molecule has 0 atom stereocenters. The average Bonchev–Trinajstić information content (AvgIpc) is 2.96. The van der Waals surface area contributed by atoms with E-state index in [1.54, 1.807) is 18.2 Å². The molecule has 3 aromatic rings. The number of carbonyl (C=O) groups excluding carboxylic acids is 1. The minimum Gasteiger partial charge on any atom is -0.497 e. The SMILES string of the molecule is COc1cc(OC)cc(-c2c(C#N)c(N)nc3sc(C(N)=O)c(N)c23)c1. The molecule has 0 saturated carbocycles. The normalized spacial score (nSPS) is 10.5. The minimum atomic E-state index is -0.670. The summed E-state index contributed by atoms with van der Waals surface area (Å²) in [5, 5.41) is 10.1. The van der Waals surface area contributed by atoms with Crippen LogP contribution in [0, 0.1) is 11.3 Å². The third kappa shape index (κ3) is 2.62. The van der Waals surface area contributed by atoms with Crippen LogP contribution in [-0.2, 0) is 0 Å². The number of nitrogens with zero attached hydrogens (tertiary/aromatic N) is 2. The Balaban J connectivity index is 2.48. The van der Waals surface area contributed by atoms with Gasteiger partial charge in [0.25, 0.3) is 5.91 Å². The van der Waals surface area contributed by atoms with Gasteiger partial charge in [-0.15, -0.1) is 11.3 Å². The molecule has 0 aliphatic heterocycles. The fourth-order valence-electron chi connectivity index (χ4n) is 2.71. The molecule has 0 aliphatic carbocycles. The molecule has 0 aliphatic rings. The van der Waals surface area contributed by atoms with Crippen molar-refractivity contribution in [3.63, 3.8) is 0 Å². The fourth-order valence-corrected chi connectivity index (χ4v) is 3.67. The Morgan fingerprint density at radius 1 is 1.19 bits per heavy atom. The number of amides is 1. The second-order valence-corrected chi connectivity index (χ2v) is 6.35. The molecular weight excluding hydrogens is 354 g/mol. The highest BCUT2D eigenvalue weighted by molar-refractivity contribution is 7.21. The zero-order valence-electron chi connectivity index (χ0n) is 14.0. The van der Waals surface area contributed by atoms with Crippen molar-refractivity contribution in [3.05, 3.63) is 28.6 Å². The number of ether oxygens (including phenoxy) is 2. The van der Waals surface area contributed by atoms with Gasteiger partial charge in [0.05, 0.1) is 19.9 Å². The van der Waals surface area contributed by atoms with Crippen LogP contribution in [0.3, 0.4) is 0 Å². The summed E-state index contributed by atoms with van der Waals surface area (Å²) in [6.07, 6.45) is 0. The van der Waals surface area contributed by atoms with Gasteiger partial charge in [0.1, 0.15) is 38.7 Å². The van der Waals surface area contributed by atoms with Crippen LogP contribution in [0.2, 0.25) is 0 Å². The zero-order valence-corrected chi connectivity index (χ0v) is 14.8. The van der Waals surface area contributed by atoms with Crippen molar-refractivity contribution in [2.45, 2.75) is 0 Å². The largest absolute Gasteiger partial charge is 0.497 e. The van der Waals surface area contributed by atoms with Crippen LogP contribution in [0.1, 0.15) is 15.2 Å². The van der Waals surface area contributed by atoms with Crippen LogP contribution in [0.4, 0.5) is 11.5 Å². The Kier molecular flexibility index (Phi) is 4.28. The van der Waals surface area contributed by atoms with Crippen LogP contribution in [-0.4, -0.2) is 25.1 Å². The van der Waals surface area contributed by atoms with E-state index in [9.17, 15) is 10.1 Å². The van der Waals surface area contributed by atoms with Crippen LogP contribution in [0.15, 0.2) is 18.2 Å². The number of pyridine rings is 1. The van der Waals surface area contributed by atoms with Gasteiger partial charge < -0.3 is 26.7 Å². The lowest BCUT2D eigenvalue weighted by Gasteiger charge is -2.12. The van der Waals surface area contributed by atoms with E-state index in [1.807, 2.05) is 0 Å². The van der Waals surface area contributed by atoms with Gasteiger partial charge in [-0.1, -0.05) is 0 Å². The van der Waals surface area contributed by atoms with E-state index in [0.29, 0.717) is 32.8 Å². The summed E-state index contributed by atoms with van der Waals surface area (Å²) in [5.41, 5.74) is 18.9. The van der Waals surface area contributed by atoms with E-state index >= 15 is 0 Å². The molecule has 6 N–H and O–H groups in total. The van der Waals surface area contributed by atoms with Crippen molar-refractivity contribution in [1.29, 1.82) is 5.26 Å². The van der Waals surface area contributed by atoms with Crippen molar-refractivity contribution < 1.29 is 14.3 Å². The third-order valence-corrected chi connectivity index (χ3v) is 4.99. The summed E-state index contributed by atoms with van der Waals surface area (Å²) in [6.45, 7) is 0. The molecule has 9 heteroatoms. The van der Waals surface area contributed by atoms with E-state index in [2.05, 4.69) is 11.1 Å². The number of thiophene rings is 1. The molecule has 0 unspecified atom stereocenters. The van der Waals surface area contributed by atoms with Crippen LogP contribution < -0.4 is 26.7 Å². The maximum absolute atomic E-state index is 11.7. The summed E-state index contributed by atoms with van der Waals surface area (Å²) in [5.74, 6) is 0.414. The molecule has 8 nitrogen and oxygen atoms in total. The first-order chi connectivity index (χ1) is 12.4. The third-order valence-electron chi connectivity index (χ3n) is 3.88. The zero-order chi connectivity index (χ0) is 19.0. The number of carbonyl (C=O) groups is 1. The lowest BCUT2D eigenvalue weighted by Crippen LogP contribution is -2.10. The first-order valence-electron chi connectivity index (χ1n) is 7.36. The highest BCUT2D eigenvalue weighted by Gasteiger charge is 2.23. The summed E-state index contributed by atoms with van der Waals surface area (Å²) in [7, 11) is 3.04. The molecule has 2 aromatic heterocycles. The Hall–Kier alpha value is -3.51. The number of hydrogen-bond donors (Lipinski definition) is 3. The molecule has 1 amide bonds. The summed E-state index contributed by atoms with van der Waals surface area (Å²) >= 11 is 1.03. The number of methoxy groups -OCH3 is 2. The van der Waals surface area contributed by atoms with Crippen molar-refractivity contribution in [2.75, 3.05) is 25.7 Å². The van der Waals surface area contributed by atoms with Gasteiger partial charge in [0, 0.05) is 17.0 Å². The Morgan fingerprint density at radius 3 is 2.31 bits per heavy atom. The fraction of sp³-hybridized carbons (Fsp3) is 0.118. The molecule has 0 radical (unpaired) electrons. The maximum Gasteiger partial charge on any atom is 0.260 e. The summed E-state index contributed by atoms with van der Waals surface area (Å²) in [4.78, 5) is 16.5. The molecule has 26 heavy (non-hydrogen) atoms. The number of nitrogen functional groups attached to an aromatic ring is 2. The summed E-state index contributed by atoms with van der Waals surface area (Å²) in [6, 6.07) is 7.20. The number of hydrogen-bond acceptors (Lipinski definition) is 8. The molecule has 1 aromatic carbocycles. The number of aromatic nitrogens is 1. The number of anilines is 2. The number of benzene rings is 1. The predicted molar refractivity (Wildman–Crippen MR) is 100 cm³/mol. The number of rotatable bonds is 4. The van der Waals surface area contributed by atoms with Gasteiger partial charge in [0.15, 0.2) is 0 Å². The number of nitriles is 1. The first kappa shape index (κ1) is 17.3. The highest BCUT2D eigenvalue weighted by Crippen LogP contribution is 2.43. The van der Waals surface area contributed by atoms with Gasteiger partial charge in [-0.2, -0.15) is 5.26 Å². The lowest BCUT2D eigenvalue weighted by atomic mass is 9.96. The van der Waals surface area contributed by atoms with E-state index in [4.69, 9.17) is 26.7 Å². The number of primary amides is 1. The molecule has 3 rings (SSSR count). The molecule has 0 saturated heterocycles. The van der Waals surface area contributed by atoms with Crippen LogP contribution >= 0.6 is 11.3 Å². The molecule has 0 bridgehead atoms. The second kappa shape index (κ2) is 6.42. The average molecular weight is 369 g/mol. The van der Waals surface area contributed by atoms with Crippen molar-refractivity contribution in [2.24, 2.45) is 5.73 Å². The second-order valence-electron chi connectivity index (χ2n) is 5.35. The van der Waals surface area contributed by atoms with Gasteiger partial charge in [-0.25, -0.2) is 4.98 Å². The van der Waals surface area contributed by atoms with Crippen molar-refractivity contribution in [3.8, 4) is 28.7 Å². The van der Waals surface area contributed by atoms with Gasteiger partial charge >= 0.3 is 0 Å². The summed E-state index contributed by atoms with van der Waals surface area (Å²) < 4.78 is 10.6. The number of fused-ring (bicyclic) bond motifs is 1. The topological polar surface area (TPSA) is 150 Å². The van der Waals surface area contributed by atoms with Crippen LogP contribution in [0.25, 0.3) is 21.3 Å². The van der Waals surface area contributed by atoms with Gasteiger partial charge in [0.2, 0.25) is 0 Å². The lowest BCUT2D eigenvalue weighted by molar-refractivity contribution is 0.100. The highest BCUT2D eigenvalue weighted by atomic mass is 32.1. The van der Waals surface area contributed by atoms with Crippen molar-refractivity contribution >= 4 is 39.0 Å². The molecule has 0 fully saturated rings. The van der Waals surface area contributed by atoms with Gasteiger partial charge in [-0.05, 0) is 17.7 Å². The predicted octanol–water partition coefficient (Wildman–Crippen LogP) is 2.12. The van der Waals surface area contributed by atoms with Gasteiger partial charge in [-0.3, -0.25) is 4.79 Å². The van der Waals surface area contributed by atoms with E-state index in [0.717, 1.165) is 11.3 Å². The Morgan fingerprint density at radius 2 is 1.81 bits per heavy atom. The van der Waals surface area contributed by atoms with E-state index in [-0.39, 0.29) is 21.9 Å². The quantitative estimate of drug-likeness (QED) is 0.637. The van der Waals surface area contributed by atoms with Crippen molar-refractivity contribution in [1.82, 2.24) is 4.98 Å². The van der Waals surface area contributed by atoms with E-state index < -0.39 is 5.91 Å².